The zero-order valence-corrected chi connectivity index (χ0v) is 20.8. The zero-order chi connectivity index (χ0) is 26.1. The van der Waals surface area contributed by atoms with E-state index in [-0.39, 0.29) is 20.7 Å². The second-order valence-corrected chi connectivity index (χ2v) is 7.86. The van der Waals surface area contributed by atoms with Gasteiger partial charge in [-0.1, -0.05) is 43.8 Å². The Morgan fingerprint density at radius 3 is 1.64 bits per heavy atom. The molecule has 2 aromatic carbocycles. The van der Waals surface area contributed by atoms with Crippen LogP contribution in [0.25, 0.3) is 0 Å². The summed E-state index contributed by atoms with van der Waals surface area (Å²) in [6.07, 6.45) is 0.793. The summed E-state index contributed by atoms with van der Waals surface area (Å²) >= 11 is 0. The Kier molecular flexibility index (Phi) is 17.3. The molecule has 36 heavy (non-hydrogen) atoms. The Labute approximate surface area is 216 Å². The standard InChI is InChI=1S/C14H18O5.C13H18O3.CH4.H2/c1-10(15)13(14(16)17)12(18-2)8-9-19-11-6-4-3-5-7-11;1-11(14)10-13(15-2)8-9-16-12-6-4-3-5-7-12;;/h3-7,12-13H,8-9H2,1-2H3,(H,16,17);3-7,13H,8-10H2,1-2H3;1H4;1H/i;;;1+1. The number of hydrogen-bond donors (Lipinski definition) is 1. The van der Waals surface area contributed by atoms with Crippen molar-refractivity contribution < 1.29 is 39.9 Å². The highest BCUT2D eigenvalue weighted by Gasteiger charge is 2.32. The smallest absolute Gasteiger partial charge is 0.316 e. The molecule has 0 aliphatic rings. The number of carbonyl (C=O) groups is 3. The Bertz CT molecular complexity index is 862. The van der Waals surface area contributed by atoms with E-state index in [1.807, 2.05) is 60.7 Å². The van der Waals surface area contributed by atoms with Gasteiger partial charge < -0.3 is 24.1 Å². The number of ether oxygens (including phenoxy) is 4. The lowest BCUT2D eigenvalue weighted by atomic mass is 9.96. The Hall–Kier alpha value is -3.23. The van der Waals surface area contributed by atoms with Gasteiger partial charge in [0.2, 0.25) is 0 Å². The summed E-state index contributed by atoms with van der Waals surface area (Å²) in [7, 11) is 3.02. The lowest BCUT2D eigenvalue weighted by Crippen LogP contribution is -2.36. The molecule has 0 saturated carbocycles. The topological polar surface area (TPSA) is 108 Å². The van der Waals surface area contributed by atoms with Gasteiger partial charge in [-0.2, -0.15) is 0 Å². The minimum Gasteiger partial charge on any atom is -0.493 e. The average Bonchev–Trinajstić information content (AvgIpc) is 2.83. The van der Waals surface area contributed by atoms with E-state index < -0.39 is 23.8 Å². The van der Waals surface area contributed by atoms with E-state index in [9.17, 15) is 14.4 Å². The van der Waals surface area contributed by atoms with Gasteiger partial charge in [-0.05, 0) is 38.1 Å². The van der Waals surface area contributed by atoms with Crippen LogP contribution in [0, 0.1) is 5.92 Å². The zero-order valence-electron chi connectivity index (χ0n) is 20.8. The second-order valence-electron chi connectivity index (χ2n) is 7.86. The van der Waals surface area contributed by atoms with Gasteiger partial charge in [0, 0.05) is 34.9 Å². The SMILES string of the molecule is C.COC(CCOc1ccccc1)C(C(C)=O)C(=O)O.COC(CCOc1ccccc1)CC(C)=O.[2HH]. The van der Waals surface area contributed by atoms with Crippen molar-refractivity contribution in [2.45, 2.75) is 52.7 Å². The van der Waals surface area contributed by atoms with Gasteiger partial charge in [-0.25, -0.2) is 0 Å². The second kappa shape index (κ2) is 19.0. The summed E-state index contributed by atoms with van der Waals surface area (Å²) in [6.45, 7) is 3.68. The van der Waals surface area contributed by atoms with Crippen LogP contribution in [0.15, 0.2) is 60.7 Å². The third kappa shape index (κ3) is 13.6. The van der Waals surface area contributed by atoms with E-state index in [1.54, 1.807) is 14.0 Å². The Morgan fingerprint density at radius 1 is 0.806 bits per heavy atom. The molecular weight excluding hydrogens is 464 g/mol. The molecule has 1 N–H and O–H groups in total. The Morgan fingerprint density at radius 2 is 1.28 bits per heavy atom. The van der Waals surface area contributed by atoms with Crippen molar-refractivity contribution in [3.8, 4) is 11.5 Å². The molecule has 0 radical (unpaired) electrons. The summed E-state index contributed by atoms with van der Waals surface area (Å²) < 4.78 is 21.3. The predicted octanol–water partition coefficient (Wildman–Crippen LogP) is 5.09. The minimum atomic E-state index is -1.17. The minimum absolute atomic E-state index is 0. The van der Waals surface area contributed by atoms with Crippen molar-refractivity contribution >= 4 is 17.5 Å². The lowest BCUT2D eigenvalue weighted by molar-refractivity contribution is -0.151. The van der Waals surface area contributed by atoms with Crippen molar-refractivity contribution in [1.29, 1.82) is 0 Å². The van der Waals surface area contributed by atoms with Crippen LogP contribution >= 0.6 is 0 Å². The number of methoxy groups -OCH3 is 2. The molecular formula is C28H42O8. The fourth-order valence-corrected chi connectivity index (χ4v) is 3.27. The van der Waals surface area contributed by atoms with E-state index >= 15 is 0 Å². The molecule has 2 rings (SSSR count). The fourth-order valence-electron chi connectivity index (χ4n) is 3.27. The lowest BCUT2D eigenvalue weighted by Gasteiger charge is -2.20. The summed E-state index contributed by atoms with van der Waals surface area (Å²) in [5.41, 5.74) is 0. The molecule has 0 heterocycles. The first kappa shape index (κ1) is 32.8. The number of aliphatic carboxylic acids is 1. The van der Waals surface area contributed by atoms with Crippen LogP contribution < -0.4 is 9.47 Å². The maximum atomic E-state index is 11.3. The number of carboxylic acid groups (broad SMARTS) is 1. The molecule has 3 atom stereocenters. The van der Waals surface area contributed by atoms with E-state index in [2.05, 4.69) is 0 Å². The van der Waals surface area contributed by atoms with E-state index in [1.165, 1.54) is 14.0 Å². The first-order chi connectivity index (χ1) is 16.8. The number of para-hydroxylation sites is 2. The van der Waals surface area contributed by atoms with Crippen molar-refractivity contribution in [2.75, 3.05) is 27.4 Å². The molecule has 3 unspecified atom stereocenters. The van der Waals surface area contributed by atoms with Crippen LogP contribution in [0.2, 0.25) is 0 Å². The van der Waals surface area contributed by atoms with Crippen LogP contribution in [0.5, 0.6) is 11.5 Å². The summed E-state index contributed by atoms with van der Waals surface area (Å²) in [5, 5.41) is 9.02. The van der Waals surface area contributed by atoms with Gasteiger partial charge in [0.1, 0.15) is 29.0 Å². The maximum Gasteiger partial charge on any atom is 0.316 e. The number of benzene rings is 2. The third-order valence-electron chi connectivity index (χ3n) is 5.09. The molecule has 0 aromatic heterocycles. The predicted molar refractivity (Wildman–Crippen MR) is 141 cm³/mol. The normalized spacial score (nSPS) is 12.6. The summed E-state index contributed by atoms with van der Waals surface area (Å²) in [4.78, 5) is 33.3. The maximum absolute atomic E-state index is 11.3. The van der Waals surface area contributed by atoms with E-state index in [0.717, 1.165) is 12.2 Å². The third-order valence-corrected chi connectivity index (χ3v) is 5.09. The van der Waals surface area contributed by atoms with Gasteiger partial charge in [0.15, 0.2) is 0 Å². The molecule has 0 saturated heterocycles. The molecule has 8 nitrogen and oxygen atoms in total. The first-order valence-corrected chi connectivity index (χ1v) is 11.4. The Balaban J connectivity index is 0. The molecule has 0 amide bonds. The largest absolute Gasteiger partial charge is 0.493 e. The van der Waals surface area contributed by atoms with Gasteiger partial charge >= 0.3 is 5.97 Å². The molecule has 0 fully saturated rings. The number of rotatable bonds is 15. The fraction of sp³-hybridized carbons (Fsp3) is 0.464. The highest BCUT2D eigenvalue weighted by atomic mass is 16.5. The molecule has 0 bridgehead atoms. The van der Waals surface area contributed by atoms with Crippen LogP contribution in [0.4, 0.5) is 0 Å². The van der Waals surface area contributed by atoms with Gasteiger partial charge in [-0.3, -0.25) is 14.4 Å². The molecule has 8 heteroatoms. The van der Waals surface area contributed by atoms with Gasteiger partial charge in [-0.15, -0.1) is 0 Å². The number of carboxylic acids is 1. The summed E-state index contributed by atoms with van der Waals surface area (Å²) in [6, 6.07) is 18.8. The summed E-state index contributed by atoms with van der Waals surface area (Å²) in [5.74, 6) is -1.04. The van der Waals surface area contributed by atoms with Crippen molar-refractivity contribution in [1.82, 2.24) is 0 Å². The van der Waals surface area contributed by atoms with Gasteiger partial charge in [0.05, 0.1) is 25.4 Å². The molecule has 0 aliphatic carbocycles. The van der Waals surface area contributed by atoms with Crippen LogP contribution in [-0.2, 0) is 23.9 Å². The van der Waals surface area contributed by atoms with Gasteiger partial charge in [0.25, 0.3) is 0 Å². The first-order valence-electron chi connectivity index (χ1n) is 11.4. The van der Waals surface area contributed by atoms with E-state index in [0.29, 0.717) is 31.8 Å². The van der Waals surface area contributed by atoms with Crippen molar-refractivity contribution in [2.24, 2.45) is 5.92 Å². The quantitative estimate of drug-likeness (QED) is 0.332. The van der Waals surface area contributed by atoms with Crippen molar-refractivity contribution in [3.05, 3.63) is 60.7 Å². The number of Topliss-reactive ketones (excluding diaryl/α,β-unsaturated/α-hetero) is 2. The number of hydrogen-bond acceptors (Lipinski definition) is 7. The average molecular weight is 508 g/mol. The van der Waals surface area contributed by atoms with E-state index in [4.69, 9.17) is 24.1 Å². The molecule has 0 aliphatic heterocycles. The van der Waals surface area contributed by atoms with Crippen LogP contribution in [-0.4, -0.2) is 62.3 Å². The highest BCUT2D eigenvalue weighted by Crippen LogP contribution is 2.15. The molecule has 2 aromatic rings. The number of carbonyl (C=O) groups excluding carboxylic acids is 2. The van der Waals surface area contributed by atoms with Crippen LogP contribution in [0.3, 0.4) is 0 Å². The molecule has 202 valence electrons. The highest BCUT2D eigenvalue weighted by molar-refractivity contribution is 5.97. The number of ketones is 2. The molecule has 0 spiro atoms. The monoisotopic (exact) mass is 507 g/mol. The van der Waals surface area contributed by atoms with Crippen LogP contribution in [0.1, 0.15) is 42.0 Å². The van der Waals surface area contributed by atoms with Crippen molar-refractivity contribution in [3.63, 3.8) is 0 Å².